The summed E-state index contributed by atoms with van der Waals surface area (Å²) in [6.45, 7) is 0.443. The van der Waals surface area contributed by atoms with Crippen LogP contribution in [0.25, 0.3) is 0 Å². The van der Waals surface area contributed by atoms with E-state index >= 15 is 0 Å². The number of benzene rings is 2. The van der Waals surface area contributed by atoms with Gasteiger partial charge < -0.3 is 10.1 Å². The summed E-state index contributed by atoms with van der Waals surface area (Å²) >= 11 is 0. The summed E-state index contributed by atoms with van der Waals surface area (Å²) in [6.07, 6.45) is -3.74. The minimum absolute atomic E-state index is 0.123. The molecule has 0 bridgehead atoms. The van der Waals surface area contributed by atoms with Gasteiger partial charge in [0.1, 0.15) is 5.75 Å². The van der Waals surface area contributed by atoms with Crippen LogP contribution in [0.1, 0.15) is 27.0 Å². The average molecular weight is 379 g/mol. The first-order valence-corrected chi connectivity index (χ1v) is 8.09. The number of halogens is 3. The van der Waals surface area contributed by atoms with Crippen LogP contribution in [0.4, 0.5) is 18.0 Å². The number of nitrogens with one attached hydrogen (secondary N) is 3. The quantitative estimate of drug-likeness (QED) is 0.718. The predicted molar refractivity (Wildman–Crippen MR) is 89.9 cm³/mol. The van der Waals surface area contributed by atoms with Crippen molar-refractivity contribution >= 4 is 11.9 Å². The molecule has 3 rings (SSSR count). The summed E-state index contributed by atoms with van der Waals surface area (Å²) in [5.41, 5.74) is 5.16. The number of hydrazine groups is 1. The highest BCUT2D eigenvalue weighted by Crippen LogP contribution is 2.29. The molecule has 9 heteroatoms. The Hall–Kier alpha value is -3.23. The zero-order valence-electron chi connectivity index (χ0n) is 14.0. The normalized spacial score (nSPS) is 12.7. The Morgan fingerprint density at radius 3 is 2.67 bits per heavy atom. The maximum atomic E-state index is 12.7. The van der Waals surface area contributed by atoms with Crippen LogP contribution in [0.5, 0.6) is 5.75 Å². The average Bonchev–Trinajstić information content (AvgIpc) is 3.11. The van der Waals surface area contributed by atoms with Gasteiger partial charge in [-0.15, -0.1) is 0 Å². The van der Waals surface area contributed by atoms with E-state index < -0.39 is 23.7 Å². The van der Waals surface area contributed by atoms with E-state index in [0.717, 1.165) is 23.4 Å². The molecule has 0 aliphatic carbocycles. The Labute approximate surface area is 152 Å². The van der Waals surface area contributed by atoms with E-state index in [-0.39, 0.29) is 12.1 Å². The summed E-state index contributed by atoms with van der Waals surface area (Å²) in [7, 11) is 0. The van der Waals surface area contributed by atoms with Crippen LogP contribution in [0.2, 0.25) is 0 Å². The van der Waals surface area contributed by atoms with Gasteiger partial charge in [0.15, 0.2) is 0 Å². The molecule has 0 aromatic heterocycles. The number of alkyl halides is 3. The SMILES string of the molecule is O=C(NCc1cccc(C(F)(F)F)c1)NNC(=O)c1ccc2c(c1)CCO2. The third-order valence-corrected chi connectivity index (χ3v) is 3.95. The third-order valence-electron chi connectivity index (χ3n) is 3.95. The second kappa shape index (κ2) is 7.56. The van der Waals surface area contributed by atoms with Crippen molar-refractivity contribution in [1.29, 1.82) is 0 Å². The number of carbonyl (C=O) groups is 2. The lowest BCUT2D eigenvalue weighted by Gasteiger charge is -2.11. The van der Waals surface area contributed by atoms with E-state index in [2.05, 4.69) is 16.2 Å². The molecule has 0 fully saturated rings. The predicted octanol–water partition coefficient (Wildman–Crippen LogP) is 2.78. The van der Waals surface area contributed by atoms with Crippen molar-refractivity contribution in [2.45, 2.75) is 19.1 Å². The number of ether oxygens (including phenoxy) is 1. The molecule has 1 aliphatic rings. The molecule has 1 aliphatic heterocycles. The highest BCUT2D eigenvalue weighted by Gasteiger charge is 2.30. The van der Waals surface area contributed by atoms with Crippen LogP contribution < -0.4 is 20.9 Å². The molecule has 0 saturated heterocycles. The molecule has 3 amide bonds. The maximum absolute atomic E-state index is 12.7. The molecular weight excluding hydrogens is 363 g/mol. The molecule has 0 unspecified atom stereocenters. The summed E-state index contributed by atoms with van der Waals surface area (Å²) in [6, 6.07) is 8.81. The van der Waals surface area contributed by atoms with Crippen LogP contribution in [0.15, 0.2) is 42.5 Å². The van der Waals surface area contributed by atoms with Crippen LogP contribution in [-0.2, 0) is 19.1 Å². The molecule has 0 radical (unpaired) electrons. The number of fused-ring (bicyclic) bond motifs is 1. The van der Waals surface area contributed by atoms with Gasteiger partial charge in [0.2, 0.25) is 0 Å². The second-order valence-corrected chi connectivity index (χ2v) is 5.88. The number of amides is 3. The van der Waals surface area contributed by atoms with Crippen LogP contribution in [0, 0.1) is 0 Å². The van der Waals surface area contributed by atoms with Gasteiger partial charge in [0.05, 0.1) is 12.2 Å². The van der Waals surface area contributed by atoms with Crippen molar-refractivity contribution in [3.63, 3.8) is 0 Å². The molecule has 27 heavy (non-hydrogen) atoms. The first-order chi connectivity index (χ1) is 12.8. The molecule has 1 heterocycles. The summed E-state index contributed by atoms with van der Waals surface area (Å²) < 4.78 is 43.3. The van der Waals surface area contributed by atoms with Crippen LogP contribution in [-0.4, -0.2) is 18.5 Å². The fourth-order valence-corrected chi connectivity index (χ4v) is 2.60. The van der Waals surface area contributed by atoms with Gasteiger partial charge in [0, 0.05) is 18.5 Å². The van der Waals surface area contributed by atoms with Gasteiger partial charge in [-0.05, 0) is 41.5 Å². The third kappa shape index (κ3) is 4.69. The Morgan fingerprint density at radius 2 is 1.89 bits per heavy atom. The number of carbonyl (C=O) groups excluding carboxylic acids is 2. The van der Waals surface area contributed by atoms with E-state index in [0.29, 0.717) is 18.6 Å². The molecule has 0 spiro atoms. The van der Waals surface area contributed by atoms with E-state index in [1.807, 2.05) is 0 Å². The Kier molecular flexibility index (Phi) is 5.20. The Bertz CT molecular complexity index is 868. The van der Waals surface area contributed by atoms with Crippen molar-refractivity contribution < 1.29 is 27.5 Å². The lowest BCUT2D eigenvalue weighted by Crippen LogP contribution is -2.46. The van der Waals surface area contributed by atoms with Crippen molar-refractivity contribution in [2.75, 3.05) is 6.61 Å². The van der Waals surface area contributed by atoms with Gasteiger partial charge >= 0.3 is 12.2 Å². The lowest BCUT2D eigenvalue weighted by atomic mass is 10.1. The zero-order chi connectivity index (χ0) is 19.4. The molecule has 3 N–H and O–H groups in total. The van der Waals surface area contributed by atoms with Crippen molar-refractivity contribution in [3.05, 3.63) is 64.7 Å². The van der Waals surface area contributed by atoms with E-state index in [1.54, 1.807) is 18.2 Å². The zero-order valence-corrected chi connectivity index (χ0v) is 14.0. The monoisotopic (exact) mass is 379 g/mol. The van der Waals surface area contributed by atoms with Gasteiger partial charge in [-0.2, -0.15) is 13.2 Å². The van der Waals surface area contributed by atoms with Gasteiger partial charge in [0.25, 0.3) is 5.91 Å². The fraction of sp³-hybridized carbons (Fsp3) is 0.222. The maximum Gasteiger partial charge on any atom is 0.416 e. The molecule has 2 aromatic rings. The minimum atomic E-state index is -4.45. The molecule has 142 valence electrons. The summed E-state index contributed by atoms with van der Waals surface area (Å²) in [4.78, 5) is 23.8. The summed E-state index contributed by atoms with van der Waals surface area (Å²) in [5, 5.41) is 2.37. The first kappa shape index (κ1) is 18.6. The largest absolute Gasteiger partial charge is 0.493 e. The van der Waals surface area contributed by atoms with Gasteiger partial charge in [-0.1, -0.05) is 12.1 Å². The number of rotatable bonds is 3. The van der Waals surface area contributed by atoms with Crippen molar-refractivity contribution in [3.8, 4) is 5.75 Å². The molecule has 0 saturated carbocycles. The van der Waals surface area contributed by atoms with Crippen LogP contribution >= 0.6 is 0 Å². The van der Waals surface area contributed by atoms with Crippen molar-refractivity contribution in [2.24, 2.45) is 0 Å². The highest BCUT2D eigenvalue weighted by molar-refractivity contribution is 5.95. The standard InChI is InChI=1S/C18H16F3N3O3/c19-18(20,21)14-3-1-2-11(8-14)10-22-17(26)24-23-16(25)13-4-5-15-12(9-13)6-7-27-15/h1-5,8-9H,6-7,10H2,(H,23,25)(H2,22,24,26). The van der Waals surface area contributed by atoms with Gasteiger partial charge in [-0.25, -0.2) is 10.2 Å². The van der Waals surface area contributed by atoms with E-state index in [4.69, 9.17) is 4.74 Å². The number of hydrogen-bond acceptors (Lipinski definition) is 3. The first-order valence-electron chi connectivity index (χ1n) is 8.09. The van der Waals surface area contributed by atoms with Crippen molar-refractivity contribution in [1.82, 2.24) is 16.2 Å². The summed E-state index contributed by atoms with van der Waals surface area (Å²) in [5.74, 6) is 0.220. The number of urea groups is 1. The highest BCUT2D eigenvalue weighted by atomic mass is 19.4. The number of hydrogen-bond donors (Lipinski definition) is 3. The van der Waals surface area contributed by atoms with E-state index in [1.165, 1.54) is 12.1 Å². The molecular formula is C18H16F3N3O3. The van der Waals surface area contributed by atoms with E-state index in [9.17, 15) is 22.8 Å². The lowest BCUT2D eigenvalue weighted by molar-refractivity contribution is -0.137. The molecule has 2 aromatic carbocycles. The van der Waals surface area contributed by atoms with Gasteiger partial charge in [-0.3, -0.25) is 10.2 Å². The topological polar surface area (TPSA) is 79.5 Å². The molecule has 0 atom stereocenters. The Morgan fingerprint density at radius 1 is 1.07 bits per heavy atom. The fourth-order valence-electron chi connectivity index (χ4n) is 2.60. The Balaban J connectivity index is 1.49. The smallest absolute Gasteiger partial charge is 0.416 e. The second-order valence-electron chi connectivity index (χ2n) is 5.88. The van der Waals surface area contributed by atoms with Crippen LogP contribution in [0.3, 0.4) is 0 Å². The molecule has 6 nitrogen and oxygen atoms in total. The minimum Gasteiger partial charge on any atom is -0.493 e.